The summed E-state index contributed by atoms with van der Waals surface area (Å²) in [6, 6.07) is 23.7. The van der Waals surface area contributed by atoms with Crippen LogP contribution in [0.25, 0.3) is 10.8 Å². The average molecular weight is 528 g/mol. The molecule has 4 aromatic rings. The number of nitrogens with zero attached hydrogens (tertiary/aromatic N) is 3. The third-order valence-electron chi connectivity index (χ3n) is 7.01. The van der Waals surface area contributed by atoms with Gasteiger partial charge in [0, 0.05) is 48.9 Å². The summed E-state index contributed by atoms with van der Waals surface area (Å²) in [7, 11) is 1.82. The summed E-state index contributed by atoms with van der Waals surface area (Å²) in [5.74, 6) is 1.44. The van der Waals surface area contributed by atoms with Crippen LogP contribution in [0.5, 0.6) is 5.75 Å². The van der Waals surface area contributed by atoms with Gasteiger partial charge in [-0.25, -0.2) is 4.79 Å². The number of anilines is 2. The molecule has 1 fully saturated rings. The molecule has 1 aromatic heterocycles. The Morgan fingerprint density at radius 1 is 1.03 bits per heavy atom. The van der Waals surface area contributed by atoms with Gasteiger partial charge in [0.15, 0.2) is 0 Å². The van der Waals surface area contributed by atoms with Gasteiger partial charge in [-0.1, -0.05) is 75.4 Å². The zero-order valence-electron chi connectivity index (χ0n) is 23.1. The van der Waals surface area contributed by atoms with E-state index in [0.717, 1.165) is 41.9 Å². The Kier molecular flexibility index (Phi) is 7.86. The standard InChI is InChI=1S/C31H37N5O3/c1-31(2,3)28-20-29(35(4)34-28)33-30(37)32-25-14-15-26(24-13-9-8-12-23(24)25)38-18-16-36-17-19-39-27(21-36)22-10-6-5-7-11-22/h5-15,20,27H,16-19,21H2,1-4H3,(H2,32,33,37). The van der Waals surface area contributed by atoms with E-state index in [9.17, 15) is 4.79 Å². The number of hydrogen-bond donors (Lipinski definition) is 2. The summed E-state index contributed by atoms with van der Waals surface area (Å²) in [5.41, 5.74) is 2.73. The van der Waals surface area contributed by atoms with Crippen molar-refractivity contribution in [2.75, 3.05) is 43.5 Å². The lowest BCUT2D eigenvalue weighted by Crippen LogP contribution is -2.40. The van der Waals surface area contributed by atoms with Gasteiger partial charge in [-0.15, -0.1) is 0 Å². The lowest BCUT2D eigenvalue weighted by Gasteiger charge is -2.33. The number of aryl methyl sites for hydroxylation is 1. The van der Waals surface area contributed by atoms with Crippen molar-refractivity contribution < 1.29 is 14.3 Å². The van der Waals surface area contributed by atoms with E-state index < -0.39 is 0 Å². The van der Waals surface area contributed by atoms with Crippen LogP contribution in [-0.4, -0.2) is 53.6 Å². The van der Waals surface area contributed by atoms with Crippen LogP contribution >= 0.6 is 0 Å². The molecule has 0 radical (unpaired) electrons. The van der Waals surface area contributed by atoms with Crippen LogP contribution in [0, 0.1) is 0 Å². The van der Waals surface area contributed by atoms with Crippen molar-refractivity contribution in [3.8, 4) is 5.75 Å². The van der Waals surface area contributed by atoms with Crippen molar-refractivity contribution in [2.45, 2.75) is 32.3 Å². The third-order valence-corrected chi connectivity index (χ3v) is 7.01. The number of amides is 2. The quantitative estimate of drug-likeness (QED) is 0.310. The van der Waals surface area contributed by atoms with Gasteiger partial charge in [-0.3, -0.25) is 14.9 Å². The Hall–Kier alpha value is -3.88. The molecule has 0 saturated carbocycles. The van der Waals surface area contributed by atoms with Gasteiger partial charge < -0.3 is 14.8 Å². The minimum Gasteiger partial charge on any atom is -0.492 e. The highest BCUT2D eigenvalue weighted by molar-refractivity contribution is 6.07. The molecule has 2 N–H and O–H groups in total. The van der Waals surface area contributed by atoms with Crippen molar-refractivity contribution in [3.63, 3.8) is 0 Å². The fraction of sp³-hybridized carbons (Fsp3) is 0.355. The first-order valence-corrected chi connectivity index (χ1v) is 13.4. The molecule has 1 saturated heterocycles. The van der Waals surface area contributed by atoms with Crippen LogP contribution in [0.2, 0.25) is 0 Å². The van der Waals surface area contributed by atoms with Crippen molar-refractivity contribution in [2.24, 2.45) is 7.05 Å². The maximum absolute atomic E-state index is 12.9. The molecule has 5 rings (SSSR count). The van der Waals surface area contributed by atoms with Gasteiger partial charge in [-0.05, 0) is 17.7 Å². The molecule has 1 unspecified atom stereocenters. The first-order valence-electron chi connectivity index (χ1n) is 13.4. The minimum absolute atomic E-state index is 0.0867. The van der Waals surface area contributed by atoms with Crippen LogP contribution in [0.3, 0.4) is 0 Å². The molecular weight excluding hydrogens is 490 g/mol. The summed E-state index contributed by atoms with van der Waals surface area (Å²) in [5, 5.41) is 12.3. The van der Waals surface area contributed by atoms with Gasteiger partial charge in [0.05, 0.1) is 24.1 Å². The Bertz CT molecular complexity index is 1430. The maximum atomic E-state index is 12.9. The number of urea groups is 1. The second-order valence-corrected chi connectivity index (χ2v) is 10.9. The third kappa shape index (κ3) is 6.41. The van der Waals surface area contributed by atoms with E-state index in [1.54, 1.807) is 4.68 Å². The molecule has 2 heterocycles. The molecule has 204 valence electrons. The summed E-state index contributed by atoms with van der Waals surface area (Å²) >= 11 is 0. The topological polar surface area (TPSA) is 80.7 Å². The largest absolute Gasteiger partial charge is 0.492 e. The predicted octanol–water partition coefficient (Wildman–Crippen LogP) is 5.97. The molecular formula is C31H37N5O3. The minimum atomic E-state index is -0.322. The predicted molar refractivity (Wildman–Crippen MR) is 156 cm³/mol. The fourth-order valence-corrected chi connectivity index (χ4v) is 4.79. The summed E-state index contributed by atoms with van der Waals surface area (Å²) in [4.78, 5) is 15.3. The molecule has 3 aromatic carbocycles. The van der Waals surface area contributed by atoms with E-state index in [0.29, 0.717) is 24.7 Å². The fourth-order valence-electron chi connectivity index (χ4n) is 4.79. The van der Waals surface area contributed by atoms with E-state index in [1.165, 1.54) is 5.56 Å². The number of carbonyl (C=O) groups is 1. The number of fused-ring (bicyclic) bond motifs is 1. The van der Waals surface area contributed by atoms with Gasteiger partial charge in [0.1, 0.15) is 18.2 Å². The van der Waals surface area contributed by atoms with Crippen molar-refractivity contribution in [3.05, 3.63) is 84.1 Å². The van der Waals surface area contributed by atoms with Crippen LogP contribution in [0.4, 0.5) is 16.3 Å². The molecule has 1 aliphatic rings. The monoisotopic (exact) mass is 527 g/mol. The molecule has 1 aliphatic heterocycles. The van der Waals surface area contributed by atoms with E-state index in [-0.39, 0.29) is 17.6 Å². The molecule has 0 bridgehead atoms. The number of ether oxygens (including phenoxy) is 2. The van der Waals surface area contributed by atoms with Crippen LogP contribution in [-0.2, 0) is 17.2 Å². The Morgan fingerprint density at radius 2 is 1.77 bits per heavy atom. The number of carbonyl (C=O) groups excluding carboxylic acids is 1. The second-order valence-electron chi connectivity index (χ2n) is 10.9. The van der Waals surface area contributed by atoms with Crippen LogP contribution in [0.15, 0.2) is 72.8 Å². The van der Waals surface area contributed by atoms with E-state index in [2.05, 4.69) is 65.7 Å². The van der Waals surface area contributed by atoms with Gasteiger partial charge in [-0.2, -0.15) is 5.10 Å². The summed E-state index contributed by atoms with van der Waals surface area (Å²) < 4.78 is 13.9. The SMILES string of the molecule is Cn1nc(C(C)(C)C)cc1NC(=O)Nc1ccc(OCCN2CCOC(c3ccccc3)C2)c2ccccc12. The van der Waals surface area contributed by atoms with Gasteiger partial charge >= 0.3 is 6.03 Å². The number of nitrogens with one attached hydrogen (secondary N) is 2. The van der Waals surface area contributed by atoms with E-state index >= 15 is 0 Å². The number of aromatic nitrogens is 2. The van der Waals surface area contributed by atoms with Crippen LogP contribution < -0.4 is 15.4 Å². The van der Waals surface area contributed by atoms with Crippen molar-refractivity contribution in [1.29, 1.82) is 0 Å². The first kappa shape index (κ1) is 26.7. The first-order chi connectivity index (χ1) is 18.8. The number of rotatable bonds is 7. The van der Waals surface area contributed by atoms with Crippen LogP contribution in [0.1, 0.15) is 38.1 Å². The summed E-state index contributed by atoms with van der Waals surface area (Å²) in [6.07, 6.45) is 0.0867. The normalized spacial score (nSPS) is 16.3. The molecule has 2 amide bonds. The number of hydrogen-bond acceptors (Lipinski definition) is 5. The molecule has 0 aliphatic carbocycles. The smallest absolute Gasteiger partial charge is 0.324 e. The maximum Gasteiger partial charge on any atom is 0.324 e. The molecule has 8 nitrogen and oxygen atoms in total. The molecule has 39 heavy (non-hydrogen) atoms. The van der Waals surface area contributed by atoms with E-state index in [1.807, 2.05) is 55.6 Å². The molecule has 1 atom stereocenters. The van der Waals surface area contributed by atoms with Crippen molar-refractivity contribution >= 4 is 28.3 Å². The summed E-state index contributed by atoms with van der Waals surface area (Å²) in [6.45, 7) is 10.1. The average Bonchev–Trinajstić information content (AvgIpc) is 3.31. The highest BCUT2D eigenvalue weighted by Crippen LogP contribution is 2.32. The van der Waals surface area contributed by atoms with Gasteiger partial charge in [0.25, 0.3) is 0 Å². The lowest BCUT2D eigenvalue weighted by atomic mass is 9.92. The Morgan fingerprint density at radius 3 is 2.51 bits per heavy atom. The van der Waals surface area contributed by atoms with Crippen molar-refractivity contribution in [1.82, 2.24) is 14.7 Å². The zero-order valence-corrected chi connectivity index (χ0v) is 23.1. The number of morpholine rings is 1. The number of benzene rings is 3. The zero-order chi connectivity index (χ0) is 27.4. The van der Waals surface area contributed by atoms with E-state index in [4.69, 9.17) is 9.47 Å². The van der Waals surface area contributed by atoms with Gasteiger partial charge in [0.2, 0.25) is 0 Å². The Balaban J connectivity index is 1.22. The molecule has 8 heteroatoms. The highest BCUT2D eigenvalue weighted by Gasteiger charge is 2.22. The lowest BCUT2D eigenvalue weighted by molar-refractivity contribution is -0.0328. The molecule has 0 spiro atoms. The second kappa shape index (κ2) is 11.5. The highest BCUT2D eigenvalue weighted by atomic mass is 16.5. The Labute approximate surface area is 229 Å².